The molecule has 2 nitrogen and oxygen atoms in total. The van der Waals surface area contributed by atoms with Crippen molar-refractivity contribution in [3.05, 3.63) is 193 Å². The Morgan fingerprint density at radius 3 is 1.82 bits per heavy atom. The maximum Gasteiger partial charge on any atom is 0.155 e. The first-order valence-electron chi connectivity index (χ1n) is 16.7. The maximum absolute atomic E-state index is 5.18. The molecule has 1 aliphatic rings. The topological polar surface area (TPSA) is 24.7 Å². The molecule has 1 aromatic heterocycles. The van der Waals surface area contributed by atoms with Gasteiger partial charge in [-0.25, -0.2) is 4.99 Å². The summed E-state index contributed by atoms with van der Waals surface area (Å²) in [5.41, 5.74) is 11.8. The van der Waals surface area contributed by atoms with Crippen LogP contribution in [0.25, 0.3) is 53.6 Å². The molecule has 0 saturated heterocycles. The Morgan fingerprint density at radius 2 is 1.04 bits per heavy atom. The number of rotatable bonds is 6. The van der Waals surface area contributed by atoms with Gasteiger partial charge in [-0.3, -0.25) is 4.99 Å². The van der Waals surface area contributed by atoms with Crippen molar-refractivity contribution in [2.24, 2.45) is 9.98 Å². The highest BCUT2D eigenvalue weighted by molar-refractivity contribution is 7.26. The average molecular weight is 645 g/mol. The van der Waals surface area contributed by atoms with Gasteiger partial charge in [-0.15, -0.1) is 11.3 Å². The highest BCUT2D eigenvalue weighted by atomic mass is 32.1. The fourth-order valence-corrected chi connectivity index (χ4v) is 8.17. The Morgan fingerprint density at radius 1 is 0.449 bits per heavy atom. The van der Waals surface area contributed by atoms with E-state index in [4.69, 9.17) is 9.98 Å². The quantitative estimate of drug-likeness (QED) is 0.172. The number of hydrogen-bond acceptors (Lipinski definition) is 3. The molecule has 0 fully saturated rings. The summed E-state index contributed by atoms with van der Waals surface area (Å²) in [6, 6.07) is 62.9. The zero-order valence-corrected chi connectivity index (χ0v) is 27.6. The minimum absolute atomic E-state index is 0.0183. The summed E-state index contributed by atoms with van der Waals surface area (Å²) >= 11 is 1.88. The van der Waals surface area contributed by atoms with Crippen LogP contribution in [0.15, 0.2) is 186 Å². The zero-order valence-electron chi connectivity index (χ0n) is 26.8. The Labute approximate surface area is 290 Å². The molecule has 2 heterocycles. The number of hydrogen-bond donors (Lipinski definition) is 0. The van der Waals surface area contributed by atoms with Crippen LogP contribution in [-0.2, 0) is 0 Å². The molecule has 8 aromatic rings. The van der Waals surface area contributed by atoms with Gasteiger partial charge in [-0.2, -0.15) is 0 Å². The molecule has 1 unspecified atom stereocenters. The van der Waals surface area contributed by atoms with E-state index in [1.165, 1.54) is 59.1 Å². The molecule has 0 amide bonds. The number of aliphatic imine (C=N–C) groups is 2. The van der Waals surface area contributed by atoms with Crippen molar-refractivity contribution in [2.45, 2.75) is 12.5 Å². The van der Waals surface area contributed by atoms with Crippen molar-refractivity contribution in [3.8, 4) is 33.4 Å². The first-order valence-corrected chi connectivity index (χ1v) is 17.6. The van der Waals surface area contributed by atoms with Gasteiger partial charge in [0.05, 0.1) is 11.8 Å². The second-order valence-corrected chi connectivity index (χ2v) is 13.6. The molecular formula is C46H32N2S. The van der Waals surface area contributed by atoms with Crippen molar-refractivity contribution in [1.29, 1.82) is 0 Å². The minimum atomic E-state index is -0.0183. The van der Waals surface area contributed by atoms with Gasteiger partial charge in [0, 0.05) is 32.2 Å². The number of thiophene rings is 1. The summed E-state index contributed by atoms with van der Waals surface area (Å²) in [6.07, 6.45) is 0.758. The predicted octanol–water partition coefficient (Wildman–Crippen LogP) is 12.4. The first-order chi connectivity index (χ1) is 24.3. The molecule has 0 radical (unpaired) electrons. The smallest absolute Gasteiger partial charge is 0.155 e. The van der Waals surface area contributed by atoms with E-state index in [0.29, 0.717) is 0 Å². The summed E-state index contributed by atoms with van der Waals surface area (Å²) in [5, 5.41) is 2.66. The van der Waals surface area contributed by atoms with Crippen LogP contribution in [-0.4, -0.2) is 11.5 Å². The lowest BCUT2D eigenvalue weighted by Crippen LogP contribution is -2.17. The molecule has 0 saturated carbocycles. The number of benzene rings is 7. The zero-order chi connectivity index (χ0) is 32.6. The van der Waals surface area contributed by atoms with E-state index in [9.17, 15) is 0 Å². The van der Waals surface area contributed by atoms with Crippen molar-refractivity contribution < 1.29 is 0 Å². The lowest BCUT2D eigenvalue weighted by atomic mass is 9.93. The Bertz CT molecular complexity index is 2510. The van der Waals surface area contributed by atoms with Gasteiger partial charge in [0.25, 0.3) is 0 Å². The van der Waals surface area contributed by atoms with Gasteiger partial charge in [-0.05, 0) is 62.7 Å². The van der Waals surface area contributed by atoms with E-state index in [1.54, 1.807) is 0 Å². The number of nitrogens with zero attached hydrogens (tertiary/aromatic N) is 2. The molecular weight excluding hydrogens is 613 g/mol. The summed E-state index contributed by atoms with van der Waals surface area (Å²) in [5.74, 6) is 0.788. The second kappa shape index (κ2) is 12.6. The maximum atomic E-state index is 5.18. The van der Waals surface area contributed by atoms with Gasteiger partial charge in [-0.1, -0.05) is 158 Å². The fraction of sp³-hybridized carbons (Fsp3) is 0.0435. The van der Waals surface area contributed by atoms with Crippen molar-refractivity contribution in [1.82, 2.24) is 0 Å². The van der Waals surface area contributed by atoms with E-state index in [-0.39, 0.29) is 6.04 Å². The molecule has 0 spiro atoms. The standard InChI is InChI=1S/C46H32N2S/c1-3-12-33(13-4-1)42-30-43(48-46(47-42)34-14-5-2-6-15-34)38-19-10-17-36(29-38)32-26-24-31(25-27-32)35-16-9-18-37(28-35)39-21-11-22-41-40-20-7-8-23-44(40)49-45(39)41/h1-29,43H,30H2. The van der Waals surface area contributed by atoms with E-state index in [2.05, 4.69) is 158 Å². The van der Waals surface area contributed by atoms with Crippen molar-refractivity contribution in [2.75, 3.05) is 0 Å². The Hall–Kier alpha value is -5.90. The molecule has 0 N–H and O–H groups in total. The lowest BCUT2D eigenvalue weighted by Gasteiger charge is -2.22. The summed E-state index contributed by atoms with van der Waals surface area (Å²) in [6.45, 7) is 0. The molecule has 3 heteroatoms. The van der Waals surface area contributed by atoms with Crippen LogP contribution in [0.1, 0.15) is 29.2 Å². The molecule has 7 aromatic carbocycles. The van der Waals surface area contributed by atoms with Gasteiger partial charge in [0.1, 0.15) is 0 Å². The van der Waals surface area contributed by atoms with Gasteiger partial charge in [0.2, 0.25) is 0 Å². The second-order valence-electron chi connectivity index (χ2n) is 12.5. The number of amidine groups is 1. The molecule has 9 rings (SSSR count). The monoisotopic (exact) mass is 644 g/mol. The molecule has 0 aliphatic carbocycles. The van der Waals surface area contributed by atoms with Crippen LogP contribution in [0.5, 0.6) is 0 Å². The molecule has 1 aliphatic heterocycles. The van der Waals surface area contributed by atoms with Crippen molar-refractivity contribution in [3.63, 3.8) is 0 Å². The molecule has 49 heavy (non-hydrogen) atoms. The Kier molecular flexibility index (Phi) is 7.53. The van der Waals surface area contributed by atoms with Crippen LogP contribution in [0, 0.1) is 0 Å². The lowest BCUT2D eigenvalue weighted by molar-refractivity contribution is 0.754. The van der Waals surface area contributed by atoms with E-state index < -0.39 is 0 Å². The third-order valence-corrected chi connectivity index (χ3v) is 10.7. The normalized spacial score (nSPS) is 14.5. The molecule has 0 bridgehead atoms. The fourth-order valence-electron chi connectivity index (χ4n) is 6.93. The van der Waals surface area contributed by atoms with Crippen molar-refractivity contribution >= 4 is 43.1 Å². The highest BCUT2D eigenvalue weighted by Gasteiger charge is 2.22. The van der Waals surface area contributed by atoms with E-state index >= 15 is 0 Å². The summed E-state index contributed by atoms with van der Waals surface area (Å²) < 4.78 is 2.67. The largest absolute Gasteiger partial charge is 0.258 e. The summed E-state index contributed by atoms with van der Waals surface area (Å²) in [7, 11) is 0. The van der Waals surface area contributed by atoms with Crippen LogP contribution in [0.4, 0.5) is 0 Å². The van der Waals surface area contributed by atoms with E-state index in [0.717, 1.165) is 29.1 Å². The molecule has 1 atom stereocenters. The van der Waals surface area contributed by atoms with Gasteiger partial charge < -0.3 is 0 Å². The average Bonchev–Trinajstić information content (AvgIpc) is 3.58. The van der Waals surface area contributed by atoms with Crippen LogP contribution in [0.3, 0.4) is 0 Å². The van der Waals surface area contributed by atoms with E-state index in [1.807, 2.05) is 29.5 Å². The van der Waals surface area contributed by atoms with Crippen LogP contribution < -0.4 is 0 Å². The Balaban J connectivity index is 1.02. The summed E-state index contributed by atoms with van der Waals surface area (Å²) in [4.78, 5) is 10.2. The highest BCUT2D eigenvalue weighted by Crippen LogP contribution is 2.40. The third kappa shape index (κ3) is 5.69. The third-order valence-electron chi connectivity index (χ3n) is 9.45. The first kappa shape index (κ1) is 29.3. The van der Waals surface area contributed by atoms with Crippen LogP contribution in [0.2, 0.25) is 0 Å². The van der Waals surface area contributed by atoms with Crippen LogP contribution >= 0.6 is 11.3 Å². The molecule has 232 valence electrons. The number of fused-ring (bicyclic) bond motifs is 3. The SMILES string of the molecule is c1ccc(C2=NC(c3ccccc3)=NC(c3cccc(-c4ccc(-c5cccc(-c6cccc7c6sc6ccccc67)c5)cc4)c3)C2)cc1. The van der Waals surface area contributed by atoms with Gasteiger partial charge >= 0.3 is 0 Å². The van der Waals surface area contributed by atoms with Gasteiger partial charge in [0.15, 0.2) is 5.84 Å². The minimum Gasteiger partial charge on any atom is -0.258 e. The predicted molar refractivity (Wildman–Crippen MR) is 209 cm³/mol.